The quantitative estimate of drug-likeness (QED) is 0.639. The second-order valence-electron chi connectivity index (χ2n) is 6.78. The largest absolute Gasteiger partial charge is 0.489 e. The van der Waals surface area contributed by atoms with Gasteiger partial charge in [-0.1, -0.05) is 42.5 Å². The van der Waals surface area contributed by atoms with Crippen molar-refractivity contribution in [2.75, 3.05) is 0 Å². The molecular formula is C22H18FNO4S. The average molecular weight is 411 g/mol. The van der Waals surface area contributed by atoms with Gasteiger partial charge in [-0.15, -0.1) is 0 Å². The van der Waals surface area contributed by atoms with Gasteiger partial charge in [0.25, 0.3) is 5.91 Å². The van der Waals surface area contributed by atoms with Crippen molar-refractivity contribution in [3.05, 3.63) is 101 Å². The van der Waals surface area contributed by atoms with Crippen LogP contribution in [-0.2, 0) is 28.9 Å². The Morgan fingerprint density at radius 2 is 1.55 bits per heavy atom. The molecule has 29 heavy (non-hydrogen) atoms. The predicted molar refractivity (Wildman–Crippen MR) is 106 cm³/mol. The Hall–Kier alpha value is -3.19. The maximum absolute atomic E-state index is 12.9. The third-order valence-electron chi connectivity index (χ3n) is 4.72. The lowest BCUT2D eigenvalue weighted by Crippen LogP contribution is -2.41. The molecule has 7 heteroatoms. The van der Waals surface area contributed by atoms with Crippen LogP contribution in [0.4, 0.5) is 4.39 Å². The summed E-state index contributed by atoms with van der Waals surface area (Å²) in [5.74, 6) is -0.406. The number of ether oxygens (including phenoxy) is 1. The number of benzene rings is 3. The number of nitrogens with zero attached hydrogens (tertiary/aromatic N) is 1. The fraction of sp³-hybridized carbons (Fsp3) is 0.136. The van der Waals surface area contributed by atoms with Crippen molar-refractivity contribution in [2.24, 2.45) is 0 Å². The van der Waals surface area contributed by atoms with Gasteiger partial charge in [0.2, 0.25) is 10.0 Å². The predicted octanol–water partition coefficient (Wildman–Crippen LogP) is 3.89. The van der Waals surface area contributed by atoms with Crippen LogP contribution in [0.25, 0.3) is 0 Å². The molecule has 0 bridgehead atoms. The molecule has 0 N–H and O–H groups in total. The lowest BCUT2D eigenvalue weighted by molar-refractivity contribution is 0.0849. The number of rotatable bonds is 5. The molecule has 0 aromatic heterocycles. The Labute approximate surface area is 168 Å². The van der Waals surface area contributed by atoms with Crippen LogP contribution in [0.3, 0.4) is 0 Å². The fourth-order valence-corrected chi connectivity index (χ4v) is 4.66. The number of fused-ring (bicyclic) bond motifs is 1. The van der Waals surface area contributed by atoms with Crippen molar-refractivity contribution < 1.29 is 22.3 Å². The minimum Gasteiger partial charge on any atom is -0.489 e. The highest BCUT2D eigenvalue weighted by molar-refractivity contribution is 7.89. The first-order valence-electron chi connectivity index (χ1n) is 9.01. The van der Waals surface area contributed by atoms with Gasteiger partial charge in [-0.3, -0.25) is 4.79 Å². The van der Waals surface area contributed by atoms with Crippen molar-refractivity contribution in [3.8, 4) is 5.75 Å². The Morgan fingerprint density at radius 3 is 2.28 bits per heavy atom. The van der Waals surface area contributed by atoms with E-state index >= 15 is 0 Å². The van der Waals surface area contributed by atoms with Crippen molar-refractivity contribution in [3.63, 3.8) is 0 Å². The molecule has 0 aliphatic carbocycles. The van der Waals surface area contributed by atoms with Crippen molar-refractivity contribution >= 4 is 15.9 Å². The molecule has 1 amide bonds. The molecule has 0 radical (unpaired) electrons. The molecule has 3 aromatic carbocycles. The molecule has 0 spiro atoms. The molecule has 3 aromatic rings. The average Bonchev–Trinajstić information content (AvgIpc) is 2.71. The van der Waals surface area contributed by atoms with E-state index in [0.29, 0.717) is 22.4 Å². The summed E-state index contributed by atoms with van der Waals surface area (Å²) >= 11 is 0. The molecule has 4 rings (SSSR count). The normalized spacial score (nSPS) is 15.1. The summed E-state index contributed by atoms with van der Waals surface area (Å²) in [6, 6.07) is 19.7. The van der Waals surface area contributed by atoms with E-state index in [-0.39, 0.29) is 24.7 Å². The van der Waals surface area contributed by atoms with E-state index in [4.69, 9.17) is 4.74 Å². The molecule has 0 saturated carbocycles. The van der Waals surface area contributed by atoms with Gasteiger partial charge in [-0.05, 0) is 47.0 Å². The number of hydrogen-bond donors (Lipinski definition) is 0. The first-order chi connectivity index (χ1) is 13.9. The van der Waals surface area contributed by atoms with Gasteiger partial charge in [0.15, 0.2) is 0 Å². The first-order valence-corrected chi connectivity index (χ1v) is 10.6. The van der Waals surface area contributed by atoms with Crippen LogP contribution in [0.1, 0.15) is 27.0 Å². The van der Waals surface area contributed by atoms with E-state index in [9.17, 15) is 17.6 Å². The SMILES string of the molecule is O=C1c2ccccc2CS(=O)(=O)N1Cc1ccc(OCc2ccc(F)cc2)cc1. The van der Waals surface area contributed by atoms with Crippen LogP contribution in [0.15, 0.2) is 72.8 Å². The van der Waals surface area contributed by atoms with Gasteiger partial charge in [0.05, 0.1) is 12.3 Å². The summed E-state index contributed by atoms with van der Waals surface area (Å²) < 4.78 is 44.7. The molecule has 1 aliphatic heterocycles. The summed E-state index contributed by atoms with van der Waals surface area (Å²) in [7, 11) is -3.72. The molecular weight excluding hydrogens is 393 g/mol. The number of carbonyl (C=O) groups is 1. The molecule has 0 atom stereocenters. The third-order valence-corrected chi connectivity index (χ3v) is 6.36. The topological polar surface area (TPSA) is 63.7 Å². The minimum atomic E-state index is -3.72. The highest BCUT2D eigenvalue weighted by Crippen LogP contribution is 2.26. The van der Waals surface area contributed by atoms with Crippen LogP contribution in [-0.4, -0.2) is 18.6 Å². The lowest BCUT2D eigenvalue weighted by Gasteiger charge is -2.28. The monoisotopic (exact) mass is 411 g/mol. The second-order valence-corrected chi connectivity index (χ2v) is 8.68. The zero-order chi connectivity index (χ0) is 20.4. The molecule has 0 saturated heterocycles. The van der Waals surface area contributed by atoms with E-state index in [0.717, 1.165) is 9.87 Å². The van der Waals surface area contributed by atoms with E-state index in [1.165, 1.54) is 12.1 Å². The highest BCUT2D eigenvalue weighted by Gasteiger charge is 2.35. The van der Waals surface area contributed by atoms with Crippen molar-refractivity contribution in [1.82, 2.24) is 4.31 Å². The number of halogens is 1. The molecule has 5 nitrogen and oxygen atoms in total. The van der Waals surface area contributed by atoms with Crippen LogP contribution >= 0.6 is 0 Å². The molecule has 1 heterocycles. The number of amides is 1. The van der Waals surface area contributed by atoms with E-state index < -0.39 is 15.9 Å². The summed E-state index contributed by atoms with van der Waals surface area (Å²) in [6.45, 7) is 0.253. The van der Waals surface area contributed by atoms with Gasteiger partial charge in [0, 0.05) is 5.56 Å². The van der Waals surface area contributed by atoms with E-state index in [2.05, 4.69) is 0 Å². The third kappa shape index (κ3) is 4.14. The first kappa shape index (κ1) is 19.1. The van der Waals surface area contributed by atoms with Crippen molar-refractivity contribution in [2.45, 2.75) is 18.9 Å². The maximum Gasteiger partial charge on any atom is 0.267 e. The van der Waals surface area contributed by atoms with Crippen molar-refractivity contribution in [1.29, 1.82) is 0 Å². The van der Waals surface area contributed by atoms with E-state index in [1.54, 1.807) is 60.7 Å². The van der Waals surface area contributed by atoms with E-state index in [1.807, 2.05) is 0 Å². The highest BCUT2D eigenvalue weighted by atomic mass is 32.2. The van der Waals surface area contributed by atoms with Gasteiger partial charge < -0.3 is 4.74 Å². The van der Waals surface area contributed by atoms with Gasteiger partial charge in [0.1, 0.15) is 18.2 Å². The molecule has 148 valence electrons. The Bertz CT molecular complexity index is 1140. The minimum absolute atomic E-state index is 0.0340. The zero-order valence-electron chi connectivity index (χ0n) is 15.4. The summed E-state index contributed by atoms with van der Waals surface area (Å²) in [5.41, 5.74) is 2.45. The summed E-state index contributed by atoms with van der Waals surface area (Å²) in [4.78, 5) is 12.7. The molecule has 1 aliphatic rings. The molecule has 0 unspecified atom stereocenters. The Kier molecular flexibility index (Phi) is 5.07. The number of sulfonamides is 1. The lowest BCUT2D eigenvalue weighted by atomic mass is 10.1. The van der Waals surface area contributed by atoms with Crippen LogP contribution in [0.2, 0.25) is 0 Å². The van der Waals surface area contributed by atoms with Crippen LogP contribution < -0.4 is 4.74 Å². The van der Waals surface area contributed by atoms with Gasteiger partial charge in [-0.2, -0.15) is 0 Å². The zero-order valence-corrected chi connectivity index (χ0v) is 16.2. The number of hydrogen-bond acceptors (Lipinski definition) is 4. The maximum atomic E-state index is 12.9. The smallest absolute Gasteiger partial charge is 0.267 e. The molecule has 0 fully saturated rings. The standard InChI is InChI=1S/C22H18FNO4S/c23-19-9-5-17(6-10-19)14-28-20-11-7-16(8-12-20)13-24-22(25)21-4-2-1-3-18(21)15-29(24,26)27/h1-12H,13-15H2. The summed E-state index contributed by atoms with van der Waals surface area (Å²) in [5, 5.41) is 0. The van der Waals surface area contributed by atoms with Crippen LogP contribution in [0.5, 0.6) is 5.75 Å². The summed E-state index contributed by atoms with van der Waals surface area (Å²) in [6.07, 6.45) is 0. The second kappa shape index (κ2) is 7.67. The van der Waals surface area contributed by atoms with Gasteiger partial charge in [-0.25, -0.2) is 17.1 Å². The number of carbonyl (C=O) groups excluding carboxylic acids is 1. The fourth-order valence-electron chi connectivity index (χ4n) is 3.16. The Balaban J connectivity index is 1.45. The van der Waals surface area contributed by atoms with Crippen LogP contribution in [0, 0.1) is 5.82 Å². The van der Waals surface area contributed by atoms with Gasteiger partial charge >= 0.3 is 0 Å². The Morgan fingerprint density at radius 1 is 0.897 bits per heavy atom.